The lowest BCUT2D eigenvalue weighted by molar-refractivity contribution is -0.145. The molecule has 1 aromatic rings. The van der Waals surface area contributed by atoms with Gasteiger partial charge < -0.3 is 5.11 Å². The van der Waals surface area contributed by atoms with Crippen molar-refractivity contribution in [1.29, 1.82) is 0 Å². The van der Waals surface area contributed by atoms with Crippen LogP contribution < -0.4 is 5.43 Å². The minimum atomic E-state index is -1.51. The fourth-order valence-electron chi connectivity index (χ4n) is 0.912. The zero-order chi connectivity index (χ0) is 12.1. The quantitative estimate of drug-likeness (QED) is 0.381. The normalized spacial score (nSPS) is 11.0. The van der Waals surface area contributed by atoms with Crippen LogP contribution in [0.2, 0.25) is 0 Å². The first-order chi connectivity index (χ1) is 7.50. The Hall–Kier alpha value is -1.44. The average molecular weight is 332 g/mol. The summed E-state index contributed by atoms with van der Waals surface area (Å²) in [6.07, 6.45) is 0. The summed E-state index contributed by atoms with van der Waals surface area (Å²) in [7, 11) is 0. The van der Waals surface area contributed by atoms with Crippen LogP contribution in [0.1, 0.15) is 6.92 Å². The number of halogens is 1. The zero-order valence-corrected chi connectivity index (χ0v) is 10.6. The number of carbonyl (C=O) groups is 2. The first-order valence-corrected chi connectivity index (χ1v) is 5.42. The minimum absolute atomic E-state index is 0.0913. The van der Waals surface area contributed by atoms with Gasteiger partial charge in [0.2, 0.25) is 0 Å². The lowest BCUT2D eigenvalue weighted by Crippen LogP contribution is -2.21. The van der Waals surface area contributed by atoms with Gasteiger partial charge in [-0.3, -0.25) is 10.2 Å². The summed E-state index contributed by atoms with van der Waals surface area (Å²) in [6.45, 7) is 1.34. The van der Waals surface area contributed by atoms with E-state index in [1.54, 1.807) is 6.07 Å². The number of hydrogen-bond donors (Lipinski definition) is 2. The molecule has 0 saturated carbocycles. The number of hydrazone groups is 1. The van der Waals surface area contributed by atoms with E-state index in [1.165, 1.54) is 6.92 Å². The highest BCUT2D eigenvalue weighted by Gasteiger charge is 2.14. The van der Waals surface area contributed by atoms with E-state index in [9.17, 15) is 9.59 Å². The van der Waals surface area contributed by atoms with Crippen LogP contribution in [0, 0.1) is 3.57 Å². The number of benzene rings is 1. The number of ketones is 1. The molecule has 0 heterocycles. The first kappa shape index (κ1) is 12.6. The molecule has 0 bridgehead atoms. The van der Waals surface area contributed by atoms with Gasteiger partial charge in [-0.15, -0.1) is 0 Å². The van der Waals surface area contributed by atoms with Gasteiger partial charge in [0, 0.05) is 3.57 Å². The molecule has 0 radical (unpaired) electrons. The number of carbonyl (C=O) groups excluding carboxylic acids is 1. The van der Waals surface area contributed by atoms with Crippen molar-refractivity contribution >= 4 is 45.7 Å². The molecule has 0 unspecified atom stereocenters. The third-order valence-corrected chi connectivity index (χ3v) is 2.37. The Kier molecular flexibility index (Phi) is 4.41. The van der Waals surface area contributed by atoms with Crippen molar-refractivity contribution in [2.75, 3.05) is 5.43 Å². The molecule has 0 aliphatic heterocycles. The van der Waals surface area contributed by atoms with Gasteiger partial charge in [0.15, 0.2) is 0 Å². The third kappa shape index (κ3) is 3.61. The largest absolute Gasteiger partial charge is 0.475 e. The van der Waals surface area contributed by atoms with Gasteiger partial charge >= 0.3 is 5.97 Å². The Morgan fingerprint density at radius 1 is 1.44 bits per heavy atom. The SMILES string of the molecule is C/C(=N\Nc1cccc(I)c1)C(=O)C(=O)O. The van der Waals surface area contributed by atoms with Crippen LogP contribution in [-0.4, -0.2) is 22.6 Å². The molecular weight excluding hydrogens is 323 g/mol. The van der Waals surface area contributed by atoms with Crippen LogP contribution in [0.15, 0.2) is 29.4 Å². The van der Waals surface area contributed by atoms with Crippen LogP contribution in [0.5, 0.6) is 0 Å². The van der Waals surface area contributed by atoms with Crippen LogP contribution in [0.25, 0.3) is 0 Å². The molecule has 0 aliphatic rings. The van der Waals surface area contributed by atoms with Crippen molar-refractivity contribution in [3.05, 3.63) is 27.8 Å². The standard InChI is InChI=1S/C10H9IN2O3/c1-6(9(14)10(15)16)12-13-8-4-2-3-7(11)5-8/h2-5,13H,1H3,(H,15,16)/b12-6+. The van der Waals surface area contributed by atoms with Gasteiger partial charge in [-0.2, -0.15) is 5.10 Å². The molecule has 5 nitrogen and oxygen atoms in total. The Morgan fingerprint density at radius 3 is 2.69 bits per heavy atom. The van der Waals surface area contributed by atoms with E-state index in [0.717, 1.165) is 3.57 Å². The Balaban J connectivity index is 2.73. The molecule has 1 rings (SSSR count). The Bertz CT molecular complexity index is 457. The fourth-order valence-corrected chi connectivity index (χ4v) is 1.46. The number of rotatable bonds is 4. The summed E-state index contributed by atoms with van der Waals surface area (Å²) in [5, 5.41) is 12.1. The summed E-state index contributed by atoms with van der Waals surface area (Å²) in [5.41, 5.74) is 3.23. The van der Waals surface area contributed by atoms with Crippen molar-refractivity contribution in [3.8, 4) is 0 Å². The van der Waals surface area contributed by atoms with Crippen LogP contribution in [0.4, 0.5) is 5.69 Å². The average Bonchev–Trinajstić information content (AvgIpc) is 2.24. The Labute approximate surface area is 106 Å². The molecule has 1 aromatic carbocycles. The first-order valence-electron chi connectivity index (χ1n) is 4.34. The summed E-state index contributed by atoms with van der Waals surface area (Å²) in [4.78, 5) is 21.3. The summed E-state index contributed by atoms with van der Waals surface area (Å²) in [6, 6.07) is 7.32. The lowest BCUT2D eigenvalue weighted by Gasteiger charge is -2.01. The molecule has 0 amide bonds. The number of anilines is 1. The second-order valence-corrected chi connectivity index (χ2v) is 4.20. The highest BCUT2D eigenvalue weighted by atomic mass is 127. The van der Waals surface area contributed by atoms with E-state index in [1.807, 2.05) is 18.2 Å². The van der Waals surface area contributed by atoms with Crippen LogP contribution in [-0.2, 0) is 9.59 Å². The number of Topliss-reactive ketones (excluding diaryl/α,β-unsaturated/α-hetero) is 1. The second-order valence-electron chi connectivity index (χ2n) is 2.95. The van der Waals surface area contributed by atoms with E-state index >= 15 is 0 Å². The van der Waals surface area contributed by atoms with Crippen LogP contribution in [0.3, 0.4) is 0 Å². The number of carboxylic acid groups (broad SMARTS) is 1. The summed E-state index contributed by atoms with van der Waals surface area (Å²) < 4.78 is 1.01. The monoisotopic (exact) mass is 332 g/mol. The highest BCUT2D eigenvalue weighted by Crippen LogP contribution is 2.12. The van der Waals surface area contributed by atoms with Crippen molar-refractivity contribution in [3.63, 3.8) is 0 Å². The molecule has 0 fully saturated rings. The number of hydrogen-bond acceptors (Lipinski definition) is 4. The van der Waals surface area contributed by atoms with E-state index in [4.69, 9.17) is 5.11 Å². The predicted molar refractivity (Wildman–Crippen MR) is 68.5 cm³/mol. The topological polar surface area (TPSA) is 78.8 Å². The highest BCUT2D eigenvalue weighted by molar-refractivity contribution is 14.1. The molecule has 0 aromatic heterocycles. The van der Waals surface area contributed by atoms with E-state index in [-0.39, 0.29) is 5.71 Å². The molecule has 0 atom stereocenters. The molecule has 0 spiro atoms. The maximum atomic E-state index is 11.0. The van der Waals surface area contributed by atoms with Crippen molar-refractivity contribution in [2.24, 2.45) is 5.10 Å². The van der Waals surface area contributed by atoms with E-state index in [0.29, 0.717) is 5.69 Å². The molecule has 2 N–H and O–H groups in total. The van der Waals surface area contributed by atoms with Crippen molar-refractivity contribution in [1.82, 2.24) is 0 Å². The molecule has 6 heteroatoms. The maximum absolute atomic E-state index is 11.0. The predicted octanol–water partition coefficient (Wildman–Crippen LogP) is 1.73. The molecule has 0 saturated heterocycles. The molecule has 84 valence electrons. The van der Waals surface area contributed by atoms with Crippen molar-refractivity contribution in [2.45, 2.75) is 6.92 Å². The molecule has 16 heavy (non-hydrogen) atoms. The molecular formula is C10H9IN2O3. The van der Waals surface area contributed by atoms with E-state index < -0.39 is 11.8 Å². The van der Waals surface area contributed by atoms with E-state index in [2.05, 4.69) is 33.1 Å². The number of nitrogens with zero attached hydrogens (tertiary/aromatic N) is 1. The van der Waals surface area contributed by atoms with Crippen LogP contribution >= 0.6 is 22.6 Å². The van der Waals surface area contributed by atoms with Gasteiger partial charge in [0.05, 0.1) is 5.69 Å². The minimum Gasteiger partial charge on any atom is -0.475 e. The summed E-state index contributed by atoms with van der Waals surface area (Å²) in [5.74, 6) is -2.52. The van der Waals surface area contributed by atoms with Gasteiger partial charge in [-0.1, -0.05) is 6.07 Å². The third-order valence-electron chi connectivity index (χ3n) is 1.70. The van der Waals surface area contributed by atoms with Crippen molar-refractivity contribution < 1.29 is 14.7 Å². The summed E-state index contributed by atoms with van der Waals surface area (Å²) >= 11 is 2.14. The van der Waals surface area contributed by atoms with Gasteiger partial charge in [0.1, 0.15) is 5.71 Å². The van der Waals surface area contributed by atoms with Gasteiger partial charge in [-0.05, 0) is 47.7 Å². The second kappa shape index (κ2) is 5.59. The smallest absolute Gasteiger partial charge is 0.378 e. The zero-order valence-electron chi connectivity index (χ0n) is 8.40. The molecule has 0 aliphatic carbocycles. The fraction of sp³-hybridized carbons (Fsp3) is 0.100. The Morgan fingerprint density at radius 2 is 2.12 bits per heavy atom. The van der Waals surface area contributed by atoms with Gasteiger partial charge in [-0.25, -0.2) is 4.79 Å². The number of carboxylic acids is 1. The lowest BCUT2D eigenvalue weighted by atomic mass is 10.3. The van der Waals surface area contributed by atoms with Gasteiger partial charge in [0.25, 0.3) is 5.78 Å². The number of nitrogens with one attached hydrogen (secondary N) is 1. The maximum Gasteiger partial charge on any atom is 0.378 e. The number of aliphatic carboxylic acids is 1.